The molecule has 0 radical (unpaired) electrons. The van der Waals surface area contributed by atoms with Gasteiger partial charge in [0.2, 0.25) is 0 Å². The highest BCUT2D eigenvalue weighted by Gasteiger charge is 2.40. The van der Waals surface area contributed by atoms with Crippen LogP contribution in [0.5, 0.6) is 0 Å². The van der Waals surface area contributed by atoms with Crippen molar-refractivity contribution in [3.05, 3.63) is 0 Å². The molecular formula is C10H20S. The minimum atomic E-state index is 0.611. The van der Waals surface area contributed by atoms with Crippen LogP contribution in [0.3, 0.4) is 0 Å². The molecule has 1 rings (SSSR count). The van der Waals surface area contributed by atoms with E-state index in [1.165, 1.54) is 18.6 Å². The Balaban J connectivity index is 2.70. The van der Waals surface area contributed by atoms with Crippen molar-refractivity contribution in [2.24, 2.45) is 11.8 Å². The molecule has 0 saturated carbocycles. The molecule has 0 nitrogen and oxygen atoms in total. The molecule has 0 spiro atoms. The first kappa shape index (κ1) is 9.44. The van der Waals surface area contributed by atoms with Gasteiger partial charge < -0.3 is 0 Å². The van der Waals surface area contributed by atoms with Crippen molar-refractivity contribution in [2.75, 3.05) is 5.75 Å². The van der Waals surface area contributed by atoms with Crippen molar-refractivity contribution >= 4 is 11.8 Å². The topological polar surface area (TPSA) is 0 Å². The van der Waals surface area contributed by atoms with Gasteiger partial charge in [0.15, 0.2) is 0 Å². The largest absolute Gasteiger partial charge is 0.155 e. The summed E-state index contributed by atoms with van der Waals surface area (Å²) in [6, 6.07) is 0. The van der Waals surface area contributed by atoms with Crippen LogP contribution in [0, 0.1) is 11.8 Å². The maximum atomic E-state index is 2.37. The molecule has 0 aromatic carbocycles. The molecule has 66 valence electrons. The molecule has 0 N–H and O–H groups in total. The van der Waals surface area contributed by atoms with Gasteiger partial charge in [0.05, 0.1) is 0 Å². The number of hydrogen-bond acceptors (Lipinski definition) is 1. The van der Waals surface area contributed by atoms with E-state index in [-0.39, 0.29) is 0 Å². The molecule has 0 atom stereocenters. The summed E-state index contributed by atoms with van der Waals surface area (Å²) < 4.78 is 0.611. The van der Waals surface area contributed by atoms with E-state index in [1.807, 2.05) is 0 Å². The SMILES string of the molecule is CC(C)C1(C(C)C)CCCS1. The highest BCUT2D eigenvalue weighted by atomic mass is 32.2. The summed E-state index contributed by atoms with van der Waals surface area (Å²) in [6.45, 7) is 9.49. The third-order valence-corrected chi connectivity index (χ3v) is 5.21. The zero-order valence-corrected chi connectivity index (χ0v) is 9.00. The quantitative estimate of drug-likeness (QED) is 0.613. The molecule has 1 heteroatoms. The maximum Gasteiger partial charge on any atom is 0.0206 e. The predicted molar refractivity (Wildman–Crippen MR) is 54.1 cm³/mol. The second-order valence-electron chi connectivity index (χ2n) is 4.22. The fourth-order valence-electron chi connectivity index (χ4n) is 2.26. The van der Waals surface area contributed by atoms with Gasteiger partial charge in [0, 0.05) is 4.75 Å². The standard InChI is InChI=1S/C10H20S/c1-8(2)10(9(3)4)6-5-7-11-10/h8-9H,5-7H2,1-4H3. The molecule has 1 saturated heterocycles. The van der Waals surface area contributed by atoms with Crippen LogP contribution in [0.2, 0.25) is 0 Å². The zero-order valence-electron chi connectivity index (χ0n) is 8.18. The van der Waals surface area contributed by atoms with Crippen LogP contribution in [-0.4, -0.2) is 10.5 Å². The number of thioether (sulfide) groups is 1. The third-order valence-electron chi connectivity index (χ3n) is 3.04. The van der Waals surface area contributed by atoms with E-state index >= 15 is 0 Å². The van der Waals surface area contributed by atoms with Crippen molar-refractivity contribution in [3.63, 3.8) is 0 Å². The molecule has 0 amide bonds. The maximum absolute atomic E-state index is 2.37. The summed E-state index contributed by atoms with van der Waals surface area (Å²) >= 11 is 2.21. The molecule has 1 aliphatic heterocycles. The summed E-state index contributed by atoms with van der Waals surface area (Å²) in [7, 11) is 0. The van der Waals surface area contributed by atoms with E-state index in [9.17, 15) is 0 Å². The summed E-state index contributed by atoms with van der Waals surface area (Å²) in [5.41, 5.74) is 0. The van der Waals surface area contributed by atoms with Crippen LogP contribution in [0.25, 0.3) is 0 Å². The Morgan fingerprint density at radius 3 is 1.82 bits per heavy atom. The highest BCUT2D eigenvalue weighted by molar-refractivity contribution is 8.00. The smallest absolute Gasteiger partial charge is 0.0206 e. The van der Waals surface area contributed by atoms with E-state index in [1.54, 1.807) is 0 Å². The van der Waals surface area contributed by atoms with Crippen molar-refractivity contribution in [1.82, 2.24) is 0 Å². The summed E-state index contributed by atoms with van der Waals surface area (Å²) in [6.07, 6.45) is 2.87. The van der Waals surface area contributed by atoms with Crippen molar-refractivity contribution in [3.8, 4) is 0 Å². The van der Waals surface area contributed by atoms with Gasteiger partial charge in [-0.3, -0.25) is 0 Å². The van der Waals surface area contributed by atoms with Crippen molar-refractivity contribution in [1.29, 1.82) is 0 Å². The molecule has 1 heterocycles. The van der Waals surface area contributed by atoms with Crippen LogP contribution in [0.15, 0.2) is 0 Å². The van der Waals surface area contributed by atoms with Gasteiger partial charge in [-0.05, 0) is 30.4 Å². The zero-order chi connectivity index (χ0) is 8.48. The van der Waals surface area contributed by atoms with Gasteiger partial charge in [-0.25, -0.2) is 0 Å². The minimum absolute atomic E-state index is 0.611. The Bertz CT molecular complexity index is 111. The predicted octanol–water partition coefficient (Wildman–Crippen LogP) is 3.56. The summed E-state index contributed by atoms with van der Waals surface area (Å²) in [5, 5.41) is 0. The van der Waals surface area contributed by atoms with Gasteiger partial charge >= 0.3 is 0 Å². The van der Waals surface area contributed by atoms with Crippen LogP contribution < -0.4 is 0 Å². The first-order valence-corrected chi connectivity index (χ1v) is 5.72. The van der Waals surface area contributed by atoms with E-state index in [2.05, 4.69) is 39.5 Å². The molecule has 11 heavy (non-hydrogen) atoms. The van der Waals surface area contributed by atoms with Gasteiger partial charge in [0.25, 0.3) is 0 Å². The van der Waals surface area contributed by atoms with E-state index in [0.717, 1.165) is 11.8 Å². The second-order valence-corrected chi connectivity index (χ2v) is 5.67. The molecule has 1 aliphatic rings. The average molecular weight is 172 g/mol. The van der Waals surface area contributed by atoms with Crippen LogP contribution >= 0.6 is 11.8 Å². The summed E-state index contributed by atoms with van der Waals surface area (Å²) in [4.78, 5) is 0. The molecule has 0 aliphatic carbocycles. The average Bonchev–Trinajstić information content (AvgIpc) is 2.34. The molecule has 0 aromatic rings. The number of hydrogen-bond donors (Lipinski definition) is 0. The van der Waals surface area contributed by atoms with Crippen LogP contribution in [-0.2, 0) is 0 Å². The Labute approximate surface area is 75.1 Å². The third kappa shape index (κ3) is 1.58. The lowest BCUT2D eigenvalue weighted by Crippen LogP contribution is -2.34. The molecule has 1 fully saturated rings. The Hall–Kier alpha value is 0.350. The molecular weight excluding hydrogens is 152 g/mol. The Kier molecular flexibility index (Phi) is 2.90. The van der Waals surface area contributed by atoms with Crippen molar-refractivity contribution in [2.45, 2.75) is 45.3 Å². The number of rotatable bonds is 2. The van der Waals surface area contributed by atoms with Gasteiger partial charge in [0.1, 0.15) is 0 Å². The van der Waals surface area contributed by atoms with Crippen LogP contribution in [0.1, 0.15) is 40.5 Å². The first-order valence-electron chi connectivity index (χ1n) is 4.73. The van der Waals surface area contributed by atoms with Gasteiger partial charge in [-0.2, -0.15) is 11.8 Å². The fraction of sp³-hybridized carbons (Fsp3) is 1.00. The lowest BCUT2D eigenvalue weighted by Gasteiger charge is -2.36. The second kappa shape index (κ2) is 3.38. The fourth-order valence-corrected chi connectivity index (χ4v) is 3.88. The lowest BCUT2D eigenvalue weighted by atomic mass is 9.81. The summed E-state index contributed by atoms with van der Waals surface area (Å²) in [5.74, 6) is 3.07. The Morgan fingerprint density at radius 1 is 1.09 bits per heavy atom. The molecule has 0 bridgehead atoms. The van der Waals surface area contributed by atoms with E-state index in [4.69, 9.17) is 0 Å². The van der Waals surface area contributed by atoms with Crippen molar-refractivity contribution < 1.29 is 0 Å². The normalized spacial score (nSPS) is 23.5. The Morgan fingerprint density at radius 2 is 1.64 bits per heavy atom. The molecule has 0 aromatic heterocycles. The first-order chi connectivity index (χ1) is 5.09. The van der Waals surface area contributed by atoms with Gasteiger partial charge in [-0.15, -0.1) is 0 Å². The highest BCUT2D eigenvalue weighted by Crippen LogP contribution is 2.48. The monoisotopic (exact) mass is 172 g/mol. The minimum Gasteiger partial charge on any atom is -0.155 e. The van der Waals surface area contributed by atoms with Gasteiger partial charge in [-0.1, -0.05) is 27.7 Å². The molecule has 0 unspecified atom stereocenters. The van der Waals surface area contributed by atoms with E-state index in [0.29, 0.717) is 4.75 Å². The lowest BCUT2D eigenvalue weighted by molar-refractivity contribution is 0.325. The van der Waals surface area contributed by atoms with E-state index < -0.39 is 0 Å². The van der Waals surface area contributed by atoms with Crippen LogP contribution in [0.4, 0.5) is 0 Å².